The van der Waals surface area contributed by atoms with Gasteiger partial charge in [-0.15, -0.1) is 0 Å². The Balaban J connectivity index is 1.04. The molecule has 0 bridgehead atoms. The third-order valence-electron chi connectivity index (χ3n) is 8.10. The van der Waals surface area contributed by atoms with Gasteiger partial charge in [-0.05, 0) is 37.1 Å². The van der Waals surface area contributed by atoms with E-state index >= 15 is 8.78 Å². The summed E-state index contributed by atoms with van der Waals surface area (Å²) >= 11 is 0. The van der Waals surface area contributed by atoms with Crippen LogP contribution in [0.25, 0.3) is 11.0 Å². The van der Waals surface area contributed by atoms with Crippen molar-refractivity contribution in [3.05, 3.63) is 70.2 Å². The Morgan fingerprint density at radius 3 is 2.50 bits per heavy atom. The van der Waals surface area contributed by atoms with Crippen molar-refractivity contribution < 1.29 is 32.7 Å². The zero-order valence-corrected chi connectivity index (χ0v) is 23.3. The molecule has 3 aliphatic rings. The first-order valence-corrected chi connectivity index (χ1v) is 14.2. The lowest BCUT2D eigenvalue weighted by molar-refractivity contribution is 0.0694. The van der Waals surface area contributed by atoms with Gasteiger partial charge in [0.25, 0.3) is 0 Å². The highest BCUT2D eigenvalue weighted by Gasteiger charge is 2.34. The number of carboxylic acid groups (broad SMARTS) is 1. The molecule has 1 atom stereocenters. The predicted molar refractivity (Wildman–Crippen MR) is 155 cm³/mol. The molecule has 2 saturated heterocycles. The third kappa shape index (κ3) is 5.03. The molecule has 5 heterocycles. The fraction of sp³-hybridized carbons (Fsp3) is 0.345. The fourth-order valence-corrected chi connectivity index (χ4v) is 5.68. The molecule has 1 amide bonds. The van der Waals surface area contributed by atoms with Crippen LogP contribution in [0, 0.1) is 11.6 Å². The molecule has 1 unspecified atom stereocenters. The van der Waals surface area contributed by atoms with E-state index in [2.05, 4.69) is 15.5 Å². The number of hydrogen-bond donors (Lipinski definition) is 2. The Kier molecular flexibility index (Phi) is 6.78. The van der Waals surface area contributed by atoms with E-state index in [0.717, 1.165) is 18.9 Å². The van der Waals surface area contributed by atoms with Crippen LogP contribution in [0.15, 0.2) is 52.1 Å². The summed E-state index contributed by atoms with van der Waals surface area (Å²) in [5.41, 5.74) is -0.219. The number of ether oxygens (including phenoxy) is 1. The lowest BCUT2D eigenvalue weighted by Gasteiger charge is -2.37. The molecule has 4 aromatic rings. The summed E-state index contributed by atoms with van der Waals surface area (Å²) in [5.74, 6) is -2.03. The fourth-order valence-electron chi connectivity index (χ4n) is 5.68. The van der Waals surface area contributed by atoms with Crippen molar-refractivity contribution in [3.8, 4) is 0 Å². The number of carboxylic acids is 1. The van der Waals surface area contributed by atoms with Crippen LogP contribution in [0.5, 0.6) is 0 Å². The monoisotopic (exact) mass is 607 g/mol. The largest absolute Gasteiger partial charge is 0.477 e. The Bertz CT molecular complexity index is 1820. The van der Waals surface area contributed by atoms with Gasteiger partial charge in [0.2, 0.25) is 5.43 Å². The van der Waals surface area contributed by atoms with Crippen molar-refractivity contribution in [3.63, 3.8) is 0 Å². The number of fused-ring (bicyclic) bond motifs is 1. The first-order chi connectivity index (χ1) is 21.3. The van der Waals surface area contributed by atoms with Gasteiger partial charge in [0.05, 0.1) is 29.9 Å². The number of carbonyl (C=O) groups is 2. The minimum atomic E-state index is -1.37. The van der Waals surface area contributed by atoms with E-state index in [1.807, 2.05) is 4.90 Å². The van der Waals surface area contributed by atoms with Gasteiger partial charge in [0.15, 0.2) is 17.5 Å². The van der Waals surface area contributed by atoms with Gasteiger partial charge in [-0.3, -0.25) is 9.69 Å². The number of rotatable bonds is 8. The van der Waals surface area contributed by atoms with E-state index in [-0.39, 0.29) is 29.4 Å². The summed E-state index contributed by atoms with van der Waals surface area (Å²) in [6, 6.07) is 7.28. The van der Waals surface area contributed by atoms with Crippen LogP contribution in [-0.2, 0) is 4.74 Å². The molecule has 15 heteroatoms. The van der Waals surface area contributed by atoms with Crippen LogP contribution in [0.4, 0.5) is 36.6 Å². The van der Waals surface area contributed by atoms with E-state index in [9.17, 15) is 19.5 Å². The highest BCUT2D eigenvalue weighted by molar-refractivity contribution is 5.92. The van der Waals surface area contributed by atoms with Gasteiger partial charge in [-0.2, -0.15) is 0 Å². The summed E-state index contributed by atoms with van der Waals surface area (Å²) < 4.78 is 42.5. The second-order valence-electron chi connectivity index (χ2n) is 11.0. The molecule has 1 saturated carbocycles. The summed E-state index contributed by atoms with van der Waals surface area (Å²) in [6.07, 6.45) is 3.31. The number of anilines is 4. The summed E-state index contributed by atoms with van der Waals surface area (Å²) in [5, 5.41) is 16.2. The zero-order chi connectivity index (χ0) is 30.5. The summed E-state index contributed by atoms with van der Waals surface area (Å²) in [6.45, 7) is 1.94. The van der Waals surface area contributed by atoms with Crippen molar-refractivity contribution in [2.75, 3.05) is 59.3 Å². The van der Waals surface area contributed by atoms with Gasteiger partial charge in [-0.25, -0.2) is 23.4 Å². The van der Waals surface area contributed by atoms with Crippen LogP contribution in [0.2, 0.25) is 0 Å². The van der Waals surface area contributed by atoms with Crippen LogP contribution in [-0.4, -0.2) is 77.2 Å². The topological polar surface area (TPSA) is 146 Å². The van der Waals surface area contributed by atoms with Crippen molar-refractivity contribution in [1.29, 1.82) is 0 Å². The minimum Gasteiger partial charge on any atom is -0.477 e. The molecule has 2 aliphatic heterocycles. The molecule has 0 spiro atoms. The van der Waals surface area contributed by atoms with Gasteiger partial charge >= 0.3 is 12.1 Å². The number of benzene rings is 1. The van der Waals surface area contributed by atoms with Crippen LogP contribution in [0.3, 0.4) is 0 Å². The van der Waals surface area contributed by atoms with Crippen LogP contribution >= 0.6 is 0 Å². The second kappa shape index (κ2) is 10.8. The lowest BCUT2D eigenvalue weighted by Crippen LogP contribution is -2.47. The molecule has 3 fully saturated rings. The van der Waals surface area contributed by atoms with E-state index in [0.29, 0.717) is 49.9 Å². The Morgan fingerprint density at radius 1 is 1.05 bits per heavy atom. The lowest BCUT2D eigenvalue weighted by atomic mass is 10.1. The standard InChI is InChI=1S/C29H27F2N7O6/c30-21-11-17(38-14-18(44-29(38)42)13-32-24-5-10-43-34-24)3-4-23(21)35-6-8-36(9-7-35)27-22(31)12-19-25(39)20(28(40)41)15-37(16-1-2-16)26(19)33-27/h3-5,10-12,15-16,18H,1-2,6-9,13-14H2,(H,32,34)(H,40,41). The van der Waals surface area contributed by atoms with Gasteiger partial charge in [0, 0.05) is 44.5 Å². The molecule has 1 aliphatic carbocycles. The average molecular weight is 608 g/mol. The summed E-state index contributed by atoms with van der Waals surface area (Å²) in [4.78, 5) is 46.3. The Hall–Kier alpha value is -5.21. The number of pyridine rings is 2. The van der Waals surface area contributed by atoms with E-state index in [4.69, 9.17) is 9.26 Å². The van der Waals surface area contributed by atoms with Crippen molar-refractivity contribution in [2.45, 2.75) is 25.0 Å². The highest BCUT2D eigenvalue weighted by Crippen LogP contribution is 2.37. The number of nitrogens with zero attached hydrogens (tertiary/aromatic N) is 6. The normalized spacial score (nSPS) is 18.6. The molecule has 2 N–H and O–H groups in total. The van der Waals surface area contributed by atoms with Crippen LogP contribution in [0.1, 0.15) is 29.2 Å². The van der Waals surface area contributed by atoms with Crippen LogP contribution < -0.4 is 25.4 Å². The zero-order valence-electron chi connectivity index (χ0n) is 23.3. The minimum absolute atomic E-state index is 0.00850. The number of carbonyl (C=O) groups excluding carboxylic acids is 1. The van der Waals surface area contributed by atoms with E-state index < -0.39 is 40.8 Å². The maximum atomic E-state index is 15.3. The van der Waals surface area contributed by atoms with Crippen molar-refractivity contribution in [2.24, 2.45) is 0 Å². The van der Waals surface area contributed by atoms with Crippen molar-refractivity contribution >= 4 is 46.1 Å². The van der Waals surface area contributed by atoms with Gasteiger partial charge < -0.3 is 34.1 Å². The molecule has 228 valence electrons. The molecular formula is C29H27F2N7O6. The number of nitrogens with one attached hydrogen (secondary N) is 1. The maximum Gasteiger partial charge on any atom is 0.414 e. The number of aromatic carboxylic acids is 1. The predicted octanol–water partition coefficient (Wildman–Crippen LogP) is 3.46. The van der Waals surface area contributed by atoms with E-state index in [1.54, 1.807) is 27.7 Å². The molecule has 44 heavy (non-hydrogen) atoms. The second-order valence-corrected chi connectivity index (χ2v) is 11.0. The first-order valence-electron chi connectivity index (χ1n) is 14.2. The maximum absolute atomic E-state index is 15.3. The highest BCUT2D eigenvalue weighted by atomic mass is 19.1. The molecule has 3 aromatic heterocycles. The number of piperazine rings is 1. The first kappa shape index (κ1) is 27.6. The molecule has 7 rings (SSSR count). The number of halogens is 2. The molecule has 1 aromatic carbocycles. The number of aromatic nitrogens is 3. The Labute approximate surface area is 248 Å². The Morgan fingerprint density at radius 2 is 1.82 bits per heavy atom. The molecule has 0 radical (unpaired) electrons. The number of hydrogen-bond acceptors (Lipinski definition) is 10. The quantitative estimate of drug-likeness (QED) is 0.304. The number of cyclic esters (lactones) is 1. The van der Waals surface area contributed by atoms with Crippen molar-refractivity contribution in [1.82, 2.24) is 14.7 Å². The van der Waals surface area contributed by atoms with E-state index in [1.165, 1.54) is 23.4 Å². The smallest absolute Gasteiger partial charge is 0.414 e. The SMILES string of the molecule is O=C(O)c1cn(C2CC2)c2nc(N3CCN(c4ccc(N5CC(CNc6ccon6)OC5=O)cc4F)CC3)c(F)cc2c1=O. The molecular weight excluding hydrogens is 580 g/mol. The molecule has 13 nitrogen and oxygen atoms in total. The number of amides is 1. The average Bonchev–Trinajstić information content (AvgIpc) is 3.58. The van der Waals surface area contributed by atoms with Gasteiger partial charge in [0.1, 0.15) is 29.4 Å². The van der Waals surface area contributed by atoms with Gasteiger partial charge in [-0.1, -0.05) is 5.16 Å². The summed E-state index contributed by atoms with van der Waals surface area (Å²) in [7, 11) is 0. The third-order valence-corrected chi connectivity index (χ3v) is 8.10.